The van der Waals surface area contributed by atoms with Crippen molar-refractivity contribution in [1.82, 2.24) is 19.7 Å². The van der Waals surface area contributed by atoms with Crippen molar-refractivity contribution in [2.45, 2.75) is 38.8 Å². The van der Waals surface area contributed by atoms with E-state index in [1.807, 2.05) is 26.0 Å². The summed E-state index contributed by atoms with van der Waals surface area (Å²) in [6.07, 6.45) is -1.38. The Morgan fingerprint density at radius 3 is 2.49 bits per heavy atom. The second-order valence-electron chi connectivity index (χ2n) is 9.85. The standard InChI is InChI=1S/C28H25F3N6O2/c1-16(2)25-24-21(18-6-7-23(33-15-18)36-10-8-17(14-32)9-11-36)13-22(27(38)39)34-26(24)37(35-25)20-5-3-4-19(12-20)28(29,30)31/h3-7,12-13,15-17H,8-11H2,1-2H3,(H,38,39). The average Bonchev–Trinajstić information content (AvgIpc) is 3.32. The molecule has 0 spiro atoms. The van der Waals surface area contributed by atoms with E-state index in [9.17, 15) is 23.1 Å². The van der Waals surface area contributed by atoms with Crippen molar-refractivity contribution in [1.29, 1.82) is 5.26 Å². The number of alkyl halides is 3. The molecule has 0 radical (unpaired) electrons. The molecule has 0 amide bonds. The molecular formula is C28H25F3N6O2. The van der Waals surface area contributed by atoms with Gasteiger partial charge in [0.25, 0.3) is 0 Å². The molecular weight excluding hydrogens is 509 g/mol. The molecule has 0 bridgehead atoms. The monoisotopic (exact) mass is 534 g/mol. The van der Waals surface area contributed by atoms with Crippen LogP contribution < -0.4 is 4.90 Å². The van der Waals surface area contributed by atoms with E-state index in [4.69, 9.17) is 5.26 Å². The first-order valence-corrected chi connectivity index (χ1v) is 12.5. The Kier molecular flexibility index (Phi) is 6.72. The number of nitrogens with zero attached hydrogens (tertiary/aromatic N) is 6. The van der Waals surface area contributed by atoms with Crippen LogP contribution in [0.25, 0.3) is 27.8 Å². The zero-order valence-corrected chi connectivity index (χ0v) is 21.3. The van der Waals surface area contributed by atoms with E-state index in [0.717, 1.165) is 30.8 Å². The van der Waals surface area contributed by atoms with E-state index in [0.29, 0.717) is 35.3 Å². The third-order valence-electron chi connectivity index (χ3n) is 6.91. The Labute approximate surface area is 222 Å². The number of piperidine rings is 1. The first kappa shape index (κ1) is 26.2. The number of hydrogen-bond acceptors (Lipinski definition) is 6. The first-order valence-electron chi connectivity index (χ1n) is 12.5. The van der Waals surface area contributed by atoms with Gasteiger partial charge in [0.1, 0.15) is 5.82 Å². The maximum atomic E-state index is 13.4. The lowest BCUT2D eigenvalue weighted by Crippen LogP contribution is -2.33. The molecule has 200 valence electrons. The molecule has 5 rings (SSSR count). The Morgan fingerprint density at radius 1 is 1.15 bits per heavy atom. The summed E-state index contributed by atoms with van der Waals surface area (Å²) in [5.41, 5.74) is 0.899. The van der Waals surface area contributed by atoms with Crippen LogP contribution in [0.1, 0.15) is 54.4 Å². The number of carbonyl (C=O) groups is 1. The minimum absolute atomic E-state index is 0.0443. The van der Waals surface area contributed by atoms with E-state index in [2.05, 4.69) is 26.0 Å². The van der Waals surface area contributed by atoms with E-state index in [-0.39, 0.29) is 28.9 Å². The molecule has 1 aromatic carbocycles. The number of halogens is 3. The molecule has 1 aliphatic rings. The number of rotatable bonds is 5. The normalized spacial score (nSPS) is 14.6. The van der Waals surface area contributed by atoms with Gasteiger partial charge in [-0.05, 0) is 60.7 Å². The maximum absolute atomic E-state index is 13.4. The van der Waals surface area contributed by atoms with E-state index >= 15 is 0 Å². The number of fused-ring (bicyclic) bond motifs is 1. The number of aromatic nitrogens is 4. The van der Waals surface area contributed by atoms with Gasteiger partial charge in [0.15, 0.2) is 11.3 Å². The Morgan fingerprint density at radius 2 is 1.90 bits per heavy atom. The smallest absolute Gasteiger partial charge is 0.416 e. The van der Waals surface area contributed by atoms with Gasteiger partial charge < -0.3 is 10.0 Å². The van der Waals surface area contributed by atoms with Gasteiger partial charge in [-0.2, -0.15) is 23.5 Å². The van der Waals surface area contributed by atoms with Gasteiger partial charge in [0, 0.05) is 30.8 Å². The van der Waals surface area contributed by atoms with Gasteiger partial charge in [-0.1, -0.05) is 19.9 Å². The lowest BCUT2D eigenvalue weighted by Gasteiger charge is -2.30. The number of carboxylic acids is 1. The molecule has 4 heterocycles. The van der Waals surface area contributed by atoms with Crippen LogP contribution in [0.3, 0.4) is 0 Å². The average molecular weight is 535 g/mol. The van der Waals surface area contributed by atoms with E-state index < -0.39 is 17.7 Å². The Bertz CT molecular complexity index is 1580. The van der Waals surface area contributed by atoms with Crippen molar-refractivity contribution in [3.8, 4) is 22.9 Å². The Balaban J connectivity index is 1.66. The van der Waals surface area contributed by atoms with E-state index in [1.54, 1.807) is 6.20 Å². The van der Waals surface area contributed by atoms with Crippen LogP contribution in [0.2, 0.25) is 0 Å². The van der Waals surface area contributed by atoms with Crippen LogP contribution in [0, 0.1) is 17.2 Å². The number of carboxylic acid groups (broad SMARTS) is 1. The van der Waals surface area contributed by atoms with Crippen LogP contribution in [0.15, 0.2) is 48.7 Å². The Hall–Kier alpha value is -4.46. The number of hydrogen-bond donors (Lipinski definition) is 1. The summed E-state index contributed by atoms with van der Waals surface area (Å²) in [5.74, 6) is -0.610. The quantitative estimate of drug-likeness (QED) is 0.331. The molecule has 4 aromatic rings. The predicted octanol–water partition coefficient (Wildman–Crippen LogP) is 6.06. The molecule has 1 fully saturated rings. The summed E-state index contributed by atoms with van der Waals surface area (Å²) >= 11 is 0. The third kappa shape index (κ3) is 5.02. The fourth-order valence-corrected chi connectivity index (χ4v) is 4.85. The van der Waals surface area contributed by atoms with Crippen LogP contribution in [0.5, 0.6) is 0 Å². The summed E-state index contributed by atoms with van der Waals surface area (Å²) in [6, 6.07) is 12.1. The van der Waals surface area contributed by atoms with Gasteiger partial charge in [0.2, 0.25) is 0 Å². The zero-order chi connectivity index (χ0) is 27.9. The summed E-state index contributed by atoms with van der Waals surface area (Å²) < 4.78 is 41.6. The highest BCUT2D eigenvalue weighted by molar-refractivity contribution is 6.00. The molecule has 3 aromatic heterocycles. The van der Waals surface area contributed by atoms with Gasteiger partial charge >= 0.3 is 12.1 Å². The zero-order valence-electron chi connectivity index (χ0n) is 21.3. The molecule has 0 aliphatic carbocycles. The summed E-state index contributed by atoms with van der Waals surface area (Å²) in [6.45, 7) is 5.24. The van der Waals surface area contributed by atoms with Gasteiger partial charge in [-0.25, -0.2) is 19.4 Å². The lowest BCUT2D eigenvalue weighted by atomic mass is 9.97. The molecule has 1 N–H and O–H groups in total. The number of anilines is 1. The van der Waals surface area contributed by atoms with Crippen molar-refractivity contribution in [2.75, 3.05) is 18.0 Å². The second-order valence-corrected chi connectivity index (χ2v) is 9.85. The van der Waals surface area contributed by atoms with Crippen molar-refractivity contribution in [3.63, 3.8) is 0 Å². The third-order valence-corrected chi connectivity index (χ3v) is 6.91. The minimum atomic E-state index is -4.55. The summed E-state index contributed by atoms with van der Waals surface area (Å²) in [4.78, 5) is 23.0. The molecule has 8 nitrogen and oxygen atoms in total. The van der Waals surface area contributed by atoms with Crippen molar-refractivity contribution in [2.24, 2.45) is 5.92 Å². The largest absolute Gasteiger partial charge is 0.477 e. The number of benzene rings is 1. The SMILES string of the molecule is CC(C)c1nn(-c2cccc(C(F)(F)F)c2)c2nc(C(=O)O)cc(-c3ccc(N4CCC(C#N)CC4)nc3)c12. The summed E-state index contributed by atoms with van der Waals surface area (Å²) in [7, 11) is 0. The summed E-state index contributed by atoms with van der Waals surface area (Å²) in [5, 5.41) is 24.1. The lowest BCUT2D eigenvalue weighted by molar-refractivity contribution is -0.137. The number of nitriles is 1. The molecule has 1 saturated heterocycles. The van der Waals surface area contributed by atoms with Crippen molar-refractivity contribution in [3.05, 3.63) is 65.6 Å². The van der Waals surface area contributed by atoms with Crippen molar-refractivity contribution >= 4 is 22.8 Å². The minimum Gasteiger partial charge on any atom is -0.477 e. The highest BCUT2D eigenvalue weighted by Gasteiger charge is 2.31. The highest BCUT2D eigenvalue weighted by Crippen LogP contribution is 2.37. The van der Waals surface area contributed by atoms with Crippen LogP contribution in [-0.2, 0) is 6.18 Å². The van der Waals surface area contributed by atoms with Crippen molar-refractivity contribution < 1.29 is 23.1 Å². The molecule has 1 aliphatic heterocycles. The number of aromatic carboxylic acids is 1. The molecule has 11 heteroatoms. The van der Waals surface area contributed by atoms with E-state index in [1.165, 1.54) is 22.9 Å². The van der Waals surface area contributed by atoms with Crippen LogP contribution in [0.4, 0.5) is 19.0 Å². The molecule has 0 atom stereocenters. The molecule has 0 unspecified atom stereocenters. The topological polar surface area (TPSA) is 108 Å². The number of pyridine rings is 2. The highest BCUT2D eigenvalue weighted by atomic mass is 19.4. The van der Waals surface area contributed by atoms with Gasteiger partial charge in [-0.3, -0.25) is 0 Å². The van der Waals surface area contributed by atoms with Crippen LogP contribution in [-0.4, -0.2) is 43.9 Å². The first-order chi connectivity index (χ1) is 18.6. The van der Waals surface area contributed by atoms with Crippen LogP contribution >= 0.6 is 0 Å². The van der Waals surface area contributed by atoms with Gasteiger partial charge in [-0.15, -0.1) is 0 Å². The fraction of sp³-hybridized carbons (Fsp3) is 0.321. The fourth-order valence-electron chi connectivity index (χ4n) is 4.85. The maximum Gasteiger partial charge on any atom is 0.416 e. The molecule has 39 heavy (non-hydrogen) atoms. The predicted molar refractivity (Wildman–Crippen MR) is 139 cm³/mol. The molecule has 0 saturated carbocycles. The second kappa shape index (κ2) is 10.0. The van der Waals surface area contributed by atoms with Gasteiger partial charge in [0.05, 0.1) is 28.4 Å².